The predicted octanol–water partition coefficient (Wildman–Crippen LogP) is 3.34. The molecule has 0 heterocycles. The zero-order chi connectivity index (χ0) is 18.4. The SMILES string of the molecule is COc1cc(I)c(C(=O)NCC(c2ccccc2)N(C)C)cc1OC. The third-order valence-electron chi connectivity index (χ3n) is 3.98. The number of carbonyl (C=O) groups excluding carboxylic acids is 1. The van der Waals surface area contributed by atoms with Gasteiger partial charge < -0.3 is 19.7 Å². The van der Waals surface area contributed by atoms with Crippen molar-refractivity contribution in [1.29, 1.82) is 0 Å². The Hall–Kier alpha value is -1.80. The number of amides is 1. The Morgan fingerprint density at radius 3 is 2.28 bits per heavy atom. The average Bonchev–Trinajstić information content (AvgIpc) is 2.62. The van der Waals surface area contributed by atoms with Crippen LogP contribution >= 0.6 is 22.6 Å². The Kier molecular flexibility index (Phi) is 7.07. The van der Waals surface area contributed by atoms with Crippen molar-refractivity contribution >= 4 is 28.5 Å². The molecule has 134 valence electrons. The molecule has 2 aromatic carbocycles. The molecule has 1 N–H and O–H groups in total. The summed E-state index contributed by atoms with van der Waals surface area (Å²) in [4.78, 5) is 14.8. The Morgan fingerprint density at radius 1 is 1.12 bits per heavy atom. The Morgan fingerprint density at radius 2 is 1.72 bits per heavy atom. The zero-order valence-corrected chi connectivity index (χ0v) is 17.0. The summed E-state index contributed by atoms with van der Waals surface area (Å²) in [6, 6.07) is 13.7. The van der Waals surface area contributed by atoms with Crippen molar-refractivity contribution in [3.8, 4) is 11.5 Å². The van der Waals surface area contributed by atoms with Gasteiger partial charge in [0.1, 0.15) is 0 Å². The van der Waals surface area contributed by atoms with Crippen LogP contribution in [-0.4, -0.2) is 45.7 Å². The van der Waals surface area contributed by atoms with Gasteiger partial charge in [-0.25, -0.2) is 0 Å². The number of methoxy groups -OCH3 is 2. The van der Waals surface area contributed by atoms with Crippen LogP contribution in [0.4, 0.5) is 0 Å². The van der Waals surface area contributed by atoms with Gasteiger partial charge in [0, 0.05) is 10.1 Å². The van der Waals surface area contributed by atoms with Gasteiger partial charge in [-0.15, -0.1) is 0 Å². The van der Waals surface area contributed by atoms with Crippen LogP contribution in [0.3, 0.4) is 0 Å². The van der Waals surface area contributed by atoms with E-state index < -0.39 is 0 Å². The van der Waals surface area contributed by atoms with Crippen molar-refractivity contribution in [1.82, 2.24) is 10.2 Å². The van der Waals surface area contributed by atoms with E-state index in [1.165, 1.54) is 0 Å². The Bertz CT molecular complexity index is 720. The minimum atomic E-state index is -0.131. The van der Waals surface area contributed by atoms with Crippen molar-refractivity contribution in [3.05, 3.63) is 57.2 Å². The molecule has 25 heavy (non-hydrogen) atoms. The van der Waals surface area contributed by atoms with Crippen molar-refractivity contribution in [2.45, 2.75) is 6.04 Å². The number of likely N-dealkylation sites (N-methyl/N-ethyl adjacent to an activating group) is 1. The molecule has 0 saturated heterocycles. The van der Waals surface area contributed by atoms with Gasteiger partial charge in [0.25, 0.3) is 5.91 Å². The molecule has 0 fully saturated rings. The summed E-state index contributed by atoms with van der Waals surface area (Å²) in [5, 5.41) is 3.03. The van der Waals surface area contributed by atoms with Crippen molar-refractivity contribution in [2.24, 2.45) is 0 Å². The second kappa shape index (κ2) is 9.05. The normalized spacial score (nSPS) is 11.9. The summed E-state index contributed by atoms with van der Waals surface area (Å²) >= 11 is 2.13. The van der Waals surface area contributed by atoms with Crippen LogP contribution in [0, 0.1) is 3.57 Å². The molecule has 0 bridgehead atoms. The quantitative estimate of drug-likeness (QED) is 0.653. The fourth-order valence-electron chi connectivity index (χ4n) is 2.59. The van der Waals surface area contributed by atoms with Crippen LogP contribution in [-0.2, 0) is 0 Å². The maximum Gasteiger partial charge on any atom is 0.252 e. The first-order chi connectivity index (χ1) is 12.0. The third-order valence-corrected chi connectivity index (χ3v) is 4.87. The minimum Gasteiger partial charge on any atom is -0.493 e. The largest absolute Gasteiger partial charge is 0.493 e. The summed E-state index contributed by atoms with van der Waals surface area (Å²) in [5.41, 5.74) is 1.73. The number of hydrogen-bond acceptors (Lipinski definition) is 4. The molecular weight excluding hydrogens is 431 g/mol. The van der Waals surface area contributed by atoms with Gasteiger partial charge in [0.05, 0.1) is 25.8 Å². The van der Waals surface area contributed by atoms with Gasteiger partial charge >= 0.3 is 0 Å². The van der Waals surface area contributed by atoms with Crippen molar-refractivity contribution < 1.29 is 14.3 Å². The predicted molar refractivity (Wildman–Crippen MR) is 107 cm³/mol. The minimum absolute atomic E-state index is 0.1000. The number of nitrogens with one attached hydrogen (secondary N) is 1. The number of rotatable bonds is 7. The van der Waals surface area contributed by atoms with Crippen molar-refractivity contribution in [2.75, 3.05) is 34.9 Å². The van der Waals surface area contributed by atoms with Crippen LogP contribution in [0.15, 0.2) is 42.5 Å². The van der Waals surface area contributed by atoms with Gasteiger partial charge in [0.15, 0.2) is 11.5 Å². The van der Waals surface area contributed by atoms with Crippen LogP contribution in [0.2, 0.25) is 0 Å². The van der Waals surface area contributed by atoms with Crippen LogP contribution in [0.1, 0.15) is 22.0 Å². The molecule has 0 radical (unpaired) electrons. The van der Waals surface area contributed by atoms with E-state index in [9.17, 15) is 4.79 Å². The van der Waals surface area contributed by atoms with E-state index in [-0.39, 0.29) is 11.9 Å². The first kappa shape index (κ1) is 19.5. The molecule has 1 atom stereocenters. The van der Waals surface area contributed by atoms with Crippen LogP contribution in [0.5, 0.6) is 11.5 Å². The molecule has 2 aromatic rings. The highest BCUT2D eigenvalue weighted by atomic mass is 127. The van der Waals surface area contributed by atoms with E-state index in [0.717, 1.165) is 9.13 Å². The molecule has 6 heteroatoms. The Labute approximate surface area is 162 Å². The number of carbonyl (C=O) groups is 1. The highest BCUT2D eigenvalue weighted by molar-refractivity contribution is 14.1. The summed E-state index contributed by atoms with van der Waals surface area (Å²) < 4.78 is 11.4. The maximum atomic E-state index is 12.7. The van der Waals surface area contributed by atoms with Crippen molar-refractivity contribution in [3.63, 3.8) is 0 Å². The summed E-state index contributed by atoms with van der Waals surface area (Å²) in [6.45, 7) is 0.514. The molecule has 0 aromatic heterocycles. The lowest BCUT2D eigenvalue weighted by atomic mass is 10.1. The average molecular weight is 454 g/mol. The van der Waals surface area contributed by atoms with E-state index >= 15 is 0 Å². The smallest absolute Gasteiger partial charge is 0.252 e. The van der Waals surface area contributed by atoms with Gasteiger partial charge in [-0.05, 0) is 54.4 Å². The number of halogens is 1. The first-order valence-electron chi connectivity index (χ1n) is 7.89. The van der Waals surface area contributed by atoms with Gasteiger partial charge in [-0.2, -0.15) is 0 Å². The van der Waals surface area contributed by atoms with E-state index in [0.29, 0.717) is 23.6 Å². The highest BCUT2D eigenvalue weighted by Crippen LogP contribution is 2.31. The second-order valence-corrected chi connectivity index (χ2v) is 6.95. The topological polar surface area (TPSA) is 50.8 Å². The van der Waals surface area contributed by atoms with Crippen LogP contribution < -0.4 is 14.8 Å². The number of ether oxygens (including phenoxy) is 2. The lowest BCUT2D eigenvalue weighted by molar-refractivity contribution is 0.0940. The zero-order valence-electron chi connectivity index (χ0n) is 14.9. The first-order valence-corrected chi connectivity index (χ1v) is 8.97. The second-order valence-electron chi connectivity index (χ2n) is 5.79. The molecule has 2 rings (SSSR count). The molecule has 0 aliphatic heterocycles. The van der Waals surface area contributed by atoms with Gasteiger partial charge in [-0.1, -0.05) is 30.3 Å². The maximum absolute atomic E-state index is 12.7. The molecule has 0 aliphatic carbocycles. The van der Waals surface area contributed by atoms with Crippen LogP contribution in [0.25, 0.3) is 0 Å². The summed E-state index contributed by atoms with van der Waals surface area (Å²) in [5.74, 6) is 1.02. The molecule has 5 nitrogen and oxygen atoms in total. The lowest BCUT2D eigenvalue weighted by Gasteiger charge is -2.25. The van der Waals surface area contributed by atoms with Gasteiger partial charge in [0.2, 0.25) is 0 Å². The fourth-order valence-corrected chi connectivity index (χ4v) is 3.27. The van der Waals surface area contributed by atoms with E-state index in [1.807, 2.05) is 32.3 Å². The summed E-state index contributed by atoms with van der Waals surface area (Å²) in [7, 11) is 7.15. The summed E-state index contributed by atoms with van der Waals surface area (Å²) in [6.07, 6.45) is 0. The molecular formula is C19H23IN2O3. The number of nitrogens with zero attached hydrogens (tertiary/aromatic N) is 1. The van der Waals surface area contributed by atoms with E-state index in [4.69, 9.17) is 9.47 Å². The molecule has 1 amide bonds. The number of benzene rings is 2. The fraction of sp³-hybridized carbons (Fsp3) is 0.316. The lowest BCUT2D eigenvalue weighted by Crippen LogP contribution is -2.34. The molecule has 0 saturated carbocycles. The molecule has 0 aliphatic rings. The van der Waals surface area contributed by atoms with E-state index in [1.54, 1.807) is 26.4 Å². The van der Waals surface area contributed by atoms with E-state index in [2.05, 4.69) is 44.9 Å². The standard InChI is InChI=1S/C19H23IN2O3/c1-22(2)16(13-8-6-5-7-9-13)12-21-19(23)14-10-17(24-3)18(25-4)11-15(14)20/h5-11,16H,12H2,1-4H3,(H,21,23). The Balaban J connectivity index is 2.16. The number of hydrogen-bond donors (Lipinski definition) is 1. The third kappa shape index (κ3) is 4.85. The highest BCUT2D eigenvalue weighted by Gasteiger charge is 2.18. The van der Waals surface area contributed by atoms with Gasteiger partial charge in [-0.3, -0.25) is 4.79 Å². The monoisotopic (exact) mass is 454 g/mol. The molecule has 1 unspecified atom stereocenters. The molecule has 0 spiro atoms.